The first kappa shape index (κ1) is 13.4. The first-order valence-electron chi connectivity index (χ1n) is 7.05. The molecule has 1 aromatic rings. The Morgan fingerprint density at radius 3 is 3.00 bits per heavy atom. The second-order valence-corrected chi connectivity index (χ2v) is 6.61. The van der Waals surface area contributed by atoms with Gasteiger partial charge in [0.2, 0.25) is 5.89 Å². The van der Waals surface area contributed by atoms with E-state index in [-0.39, 0.29) is 12.1 Å². The third kappa shape index (κ3) is 3.30. The summed E-state index contributed by atoms with van der Waals surface area (Å²) in [5.74, 6) is 2.41. The lowest BCUT2D eigenvalue weighted by Crippen LogP contribution is -2.16. The highest BCUT2D eigenvalue weighted by Gasteiger charge is 2.29. The van der Waals surface area contributed by atoms with Gasteiger partial charge in [-0.05, 0) is 19.3 Å². The number of nitrogens with zero attached hydrogens (tertiary/aromatic N) is 2. The average Bonchev–Trinajstić information content (AvgIpc) is 3.16. The molecular formula is C13H21N3O2S. The van der Waals surface area contributed by atoms with Gasteiger partial charge in [-0.3, -0.25) is 0 Å². The highest BCUT2D eigenvalue weighted by Crippen LogP contribution is 2.31. The zero-order valence-electron chi connectivity index (χ0n) is 11.3. The van der Waals surface area contributed by atoms with Crippen LogP contribution in [0.2, 0.25) is 0 Å². The first-order chi connectivity index (χ1) is 9.35. The quantitative estimate of drug-likeness (QED) is 0.894. The second kappa shape index (κ2) is 6.24. The van der Waals surface area contributed by atoms with Crippen LogP contribution in [0.15, 0.2) is 4.52 Å². The van der Waals surface area contributed by atoms with Crippen LogP contribution in [-0.2, 0) is 10.5 Å². The zero-order valence-corrected chi connectivity index (χ0v) is 12.1. The molecule has 2 heterocycles. The van der Waals surface area contributed by atoms with E-state index in [0.717, 1.165) is 29.8 Å². The highest BCUT2D eigenvalue weighted by atomic mass is 32.2. The molecule has 3 rings (SSSR count). The Labute approximate surface area is 117 Å². The van der Waals surface area contributed by atoms with Crippen molar-refractivity contribution in [3.63, 3.8) is 0 Å². The summed E-state index contributed by atoms with van der Waals surface area (Å²) in [6.45, 7) is 0.857. The molecule has 2 atom stereocenters. The van der Waals surface area contributed by atoms with Gasteiger partial charge < -0.3 is 14.6 Å². The summed E-state index contributed by atoms with van der Waals surface area (Å²) in [5, 5.41) is 8.24. The van der Waals surface area contributed by atoms with Crippen LogP contribution in [0, 0.1) is 0 Å². The van der Waals surface area contributed by atoms with Gasteiger partial charge in [-0.2, -0.15) is 16.7 Å². The average molecular weight is 283 g/mol. The molecule has 1 saturated heterocycles. The zero-order chi connectivity index (χ0) is 13.1. The van der Waals surface area contributed by atoms with Crippen molar-refractivity contribution in [2.24, 2.45) is 0 Å². The maximum atomic E-state index is 5.36. The van der Waals surface area contributed by atoms with Crippen LogP contribution in [0.5, 0.6) is 0 Å². The number of hydrogen-bond acceptors (Lipinski definition) is 6. The molecule has 2 fully saturated rings. The number of methoxy groups -OCH3 is 1. The molecule has 2 aliphatic rings. The molecule has 0 bridgehead atoms. The normalized spacial score (nSPS) is 28.3. The molecule has 1 aliphatic heterocycles. The molecule has 0 amide bonds. The van der Waals surface area contributed by atoms with Gasteiger partial charge >= 0.3 is 0 Å². The van der Waals surface area contributed by atoms with Crippen molar-refractivity contribution in [3.8, 4) is 0 Å². The van der Waals surface area contributed by atoms with E-state index in [1.807, 2.05) is 11.8 Å². The standard InChI is InChI=1S/C13H21N3O2S/c1-17-9-6-11(14-7-9)13-15-12(16-18-13)8-19-10-4-2-3-5-10/h9-11,14H,2-8H2,1H3. The van der Waals surface area contributed by atoms with E-state index in [2.05, 4.69) is 15.5 Å². The molecule has 19 heavy (non-hydrogen) atoms. The first-order valence-corrected chi connectivity index (χ1v) is 8.10. The molecule has 0 radical (unpaired) electrons. The summed E-state index contributed by atoms with van der Waals surface area (Å²) in [5.41, 5.74) is 0. The number of rotatable bonds is 5. The minimum atomic E-state index is 0.155. The Balaban J connectivity index is 1.51. The molecule has 1 N–H and O–H groups in total. The largest absolute Gasteiger partial charge is 0.380 e. The van der Waals surface area contributed by atoms with Crippen LogP contribution in [0.1, 0.15) is 49.9 Å². The fourth-order valence-electron chi connectivity index (χ4n) is 2.79. The summed E-state index contributed by atoms with van der Waals surface area (Å²) < 4.78 is 10.7. The van der Waals surface area contributed by atoms with Gasteiger partial charge in [0.15, 0.2) is 5.82 Å². The van der Waals surface area contributed by atoms with E-state index in [1.165, 1.54) is 25.7 Å². The summed E-state index contributed by atoms with van der Waals surface area (Å²) in [7, 11) is 1.74. The van der Waals surface area contributed by atoms with E-state index >= 15 is 0 Å². The lowest BCUT2D eigenvalue weighted by atomic mass is 10.2. The lowest BCUT2D eigenvalue weighted by molar-refractivity contribution is 0.116. The van der Waals surface area contributed by atoms with Crippen LogP contribution < -0.4 is 5.32 Å². The van der Waals surface area contributed by atoms with Gasteiger partial charge in [0.25, 0.3) is 0 Å². The fourth-order valence-corrected chi connectivity index (χ4v) is 3.95. The monoisotopic (exact) mass is 283 g/mol. The molecule has 1 aliphatic carbocycles. The number of hydrogen-bond donors (Lipinski definition) is 1. The van der Waals surface area contributed by atoms with Gasteiger partial charge in [0.1, 0.15) is 0 Å². The maximum absolute atomic E-state index is 5.36. The number of thioether (sulfide) groups is 1. The predicted molar refractivity (Wildman–Crippen MR) is 74.0 cm³/mol. The summed E-state index contributed by atoms with van der Waals surface area (Å²) in [4.78, 5) is 4.51. The van der Waals surface area contributed by atoms with Crippen LogP contribution in [0.3, 0.4) is 0 Å². The number of ether oxygens (including phenoxy) is 1. The Morgan fingerprint density at radius 1 is 1.42 bits per heavy atom. The van der Waals surface area contributed by atoms with Gasteiger partial charge in [-0.25, -0.2) is 0 Å². The SMILES string of the molecule is COC1CNC(c2nc(CSC3CCCC3)no2)C1. The maximum Gasteiger partial charge on any atom is 0.243 e. The van der Waals surface area contributed by atoms with E-state index in [9.17, 15) is 0 Å². The topological polar surface area (TPSA) is 60.2 Å². The van der Waals surface area contributed by atoms with Crippen molar-refractivity contribution in [1.29, 1.82) is 0 Å². The Hall–Kier alpha value is -0.590. The van der Waals surface area contributed by atoms with Crippen molar-refractivity contribution in [2.75, 3.05) is 13.7 Å². The third-order valence-corrected chi connectivity index (χ3v) is 5.32. The third-order valence-electron chi connectivity index (χ3n) is 3.96. The molecule has 1 saturated carbocycles. The minimum absolute atomic E-state index is 0.155. The fraction of sp³-hybridized carbons (Fsp3) is 0.846. The molecular weight excluding hydrogens is 262 g/mol. The van der Waals surface area contributed by atoms with Gasteiger partial charge in [-0.1, -0.05) is 18.0 Å². The van der Waals surface area contributed by atoms with Crippen molar-refractivity contribution >= 4 is 11.8 Å². The molecule has 1 aromatic heterocycles. The Morgan fingerprint density at radius 2 is 2.26 bits per heavy atom. The van der Waals surface area contributed by atoms with Crippen LogP contribution in [0.25, 0.3) is 0 Å². The van der Waals surface area contributed by atoms with E-state index in [0.29, 0.717) is 5.89 Å². The smallest absolute Gasteiger partial charge is 0.243 e. The minimum Gasteiger partial charge on any atom is -0.380 e. The predicted octanol–water partition coefficient (Wildman–Crippen LogP) is 2.29. The highest BCUT2D eigenvalue weighted by molar-refractivity contribution is 7.99. The Kier molecular flexibility index (Phi) is 4.40. The van der Waals surface area contributed by atoms with Crippen molar-refractivity contribution in [3.05, 3.63) is 11.7 Å². The van der Waals surface area contributed by atoms with E-state index in [1.54, 1.807) is 7.11 Å². The molecule has 6 heteroatoms. The van der Waals surface area contributed by atoms with Crippen molar-refractivity contribution in [2.45, 2.75) is 55.3 Å². The van der Waals surface area contributed by atoms with Gasteiger partial charge in [0, 0.05) is 18.9 Å². The van der Waals surface area contributed by atoms with Gasteiger partial charge in [-0.15, -0.1) is 0 Å². The molecule has 0 spiro atoms. The number of aromatic nitrogens is 2. The van der Waals surface area contributed by atoms with Crippen molar-refractivity contribution < 1.29 is 9.26 Å². The van der Waals surface area contributed by atoms with Crippen LogP contribution >= 0.6 is 11.8 Å². The van der Waals surface area contributed by atoms with Crippen LogP contribution in [0.4, 0.5) is 0 Å². The summed E-state index contributed by atoms with van der Waals surface area (Å²) >= 11 is 1.97. The summed E-state index contributed by atoms with van der Waals surface area (Å²) in [6.07, 6.45) is 6.60. The van der Waals surface area contributed by atoms with Crippen LogP contribution in [-0.4, -0.2) is 35.1 Å². The Bertz CT molecular complexity index is 406. The van der Waals surface area contributed by atoms with E-state index < -0.39 is 0 Å². The van der Waals surface area contributed by atoms with Gasteiger partial charge in [0.05, 0.1) is 17.9 Å². The second-order valence-electron chi connectivity index (χ2n) is 5.32. The van der Waals surface area contributed by atoms with Crippen molar-refractivity contribution in [1.82, 2.24) is 15.5 Å². The molecule has 0 aromatic carbocycles. The summed E-state index contributed by atoms with van der Waals surface area (Å²) in [6, 6.07) is 0.155. The molecule has 106 valence electrons. The lowest BCUT2D eigenvalue weighted by Gasteiger charge is -2.05. The molecule has 5 nitrogen and oxygen atoms in total. The molecule has 2 unspecified atom stereocenters. The number of nitrogens with one attached hydrogen (secondary N) is 1. The van der Waals surface area contributed by atoms with E-state index in [4.69, 9.17) is 9.26 Å².